The molecule has 2 N–H and O–H groups in total. The monoisotopic (exact) mass is 209 g/mol. The Morgan fingerprint density at radius 2 is 2.33 bits per heavy atom. The highest BCUT2D eigenvalue weighted by atomic mass is 16.5. The van der Waals surface area contributed by atoms with Gasteiger partial charge in [-0.25, -0.2) is 0 Å². The standard InChI is InChI=1S/C11H19N3O/c1-14-7-9(6-13-14)8-15-11-5-3-2-4-10(11)12/h6-7,10-11H,2-5,8,12H2,1H3. The molecule has 2 atom stereocenters. The summed E-state index contributed by atoms with van der Waals surface area (Å²) in [7, 11) is 1.91. The van der Waals surface area contributed by atoms with Gasteiger partial charge >= 0.3 is 0 Å². The van der Waals surface area contributed by atoms with Crippen LogP contribution in [0.2, 0.25) is 0 Å². The molecule has 0 amide bonds. The van der Waals surface area contributed by atoms with Crippen LogP contribution in [0.15, 0.2) is 12.4 Å². The first-order valence-electron chi connectivity index (χ1n) is 5.60. The van der Waals surface area contributed by atoms with E-state index in [2.05, 4.69) is 5.10 Å². The van der Waals surface area contributed by atoms with Gasteiger partial charge in [-0.3, -0.25) is 4.68 Å². The zero-order chi connectivity index (χ0) is 10.7. The molecule has 1 fully saturated rings. The summed E-state index contributed by atoms with van der Waals surface area (Å²) in [4.78, 5) is 0. The number of hydrogen-bond acceptors (Lipinski definition) is 3. The number of aryl methyl sites for hydroxylation is 1. The normalized spacial score (nSPS) is 26.8. The molecular weight excluding hydrogens is 190 g/mol. The summed E-state index contributed by atoms with van der Waals surface area (Å²) in [5.74, 6) is 0. The van der Waals surface area contributed by atoms with Crippen LogP contribution < -0.4 is 5.73 Å². The minimum atomic E-state index is 0.218. The van der Waals surface area contributed by atoms with Crippen LogP contribution in [0.3, 0.4) is 0 Å². The Morgan fingerprint density at radius 1 is 1.53 bits per heavy atom. The second-order valence-corrected chi connectivity index (χ2v) is 4.32. The van der Waals surface area contributed by atoms with Crippen molar-refractivity contribution in [2.75, 3.05) is 0 Å². The van der Waals surface area contributed by atoms with Gasteiger partial charge in [-0.2, -0.15) is 5.10 Å². The highest BCUT2D eigenvalue weighted by Crippen LogP contribution is 2.20. The first kappa shape index (κ1) is 10.6. The van der Waals surface area contributed by atoms with Crippen LogP contribution in [0.5, 0.6) is 0 Å². The maximum absolute atomic E-state index is 6.00. The van der Waals surface area contributed by atoms with Crippen LogP contribution in [0.25, 0.3) is 0 Å². The summed E-state index contributed by atoms with van der Waals surface area (Å²) in [6.07, 6.45) is 8.74. The largest absolute Gasteiger partial charge is 0.372 e. The molecular formula is C11H19N3O. The van der Waals surface area contributed by atoms with Gasteiger partial charge in [0.05, 0.1) is 18.9 Å². The Labute approximate surface area is 90.4 Å². The SMILES string of the molecule is Cn1cc(COC2CCCCC2N)cn1. The van der Waals surface area contributed by atoms with Gasteiger partial charge in [0.25, 0.3) is 0 Å². The quantitative estimate of drug-likeness (QED) is 0.814. The molecule has 0 radical (unpaired) electrons. The van der Waals surface area contributed by atoms with Crippen LogP contribution in [-0.4, -0.2) is 21.9 Å². The van der Waals surface area contributed by atoms with E-state index in [4.69, 9.17) is 10.5 Å². The predicted octanol–water partition coefficient (Wildman–Crippen LogP) is 1.21. The molecule has 0 spiro atoms. The summed E-state index contributed by atoms with van der Waals surface area (Å²) in [5, 5.41) is 4.10. The van der Waals surface area contributed by atoms with Crippen molar-refractivity contribution >= 4 is 0 Å². The van der Waals surface area contributed by atoms with Crippen molar-refractivity contribution in [2.45, 2.75) is 44.4 Å². The van der Waals surface area contributed by atoms with Crippen molar-refractivity contribution in [2.24, 2.45) is 12.8 Å². The molecule has 2 rings (SSSR count). The van der Waals surface area contributed by atoms with E-state index in [1.165, 1.54) is 12.8 Å². The van der Waals surface area contributed by atoms with E-state index in [9.17, 15) is 0 Å². The molecule has 4 heteroatoms. The van der Waals surface area contributed by atoms with Crippen molar-refractivity contribution in [3.8, 4) is 0 Å². The molecule has 1 aliphatic carbocycles. The van der Waals surface area contributed by atoms with Crippen LogP contribution in [-0.2, 0) is 18.4 Å². The fourth-order valence-corrected chi connectivity index (χ4v) is 2.08. The fourth-order valence-electron chi connectivity index (χ4n) is 2.08. The third-order valence-corrected chi connectivity index (χ3v) is 2.98. The van der Waals surface area contributed by atoms with Crippen molar-refractivity contribution in [3.05, 3.63) is 18.0 Å². The van der Waals surface area contributed by atoms with E-state index >= 15 is 0 Å². The van der Waals surface area contributed by atoms with E-state index in [0.29, 0.717) is 6.61 Å². The lowest BCUT2D eigenvalue weighted by Gasteiger charge is -2.28. The van der Waals surface area contributed by atoms with Gasteiger partial charge in [-0.1, -0.05) is 12.8 Å². The highest BCUT2D eigenvalue weighted by molar-refractivity contribution is 5.01. The third kappa shape index (κ3) is 2.79. The van der Waals surface area contributed by atoms with E-state index < -0.39 is 0 Å². The van der Waals surface area contributed by atoms with E-state index in [0.717, 1.165) is 18.4 Å². The first-order valence-corrected chi connectivity index (χ1v) is 5.60. The molecule has 15 heavy (non-hydrogen) atoms. The minimum absolute atomic E-state index is 0.218. The molecule has 0 aromatic carbocycles. The van der Waals surface area contributed by atoms with Gasteiger partial charge in [0, 0.05) is 24.8 Å². The van der Waals surface area contributed by atoms with E-state index in [1.54, 1.807) is 4.68 Å². The number of nitrogens with zero attached hydrogens (tertiary/aromatic N) is 2. The van der Waals surface area contributed by atoms with Crippen molar-refractivity contribution in [1.82, 2.24) is 9.78 Å². The van der Waals surface area contributed by atoms with Gasteiger partial charge in [0.2, 0.25) is 0 Å². The van der Waals surface area contributed by atoms with E-state index in [1.807, 2.05) is 19.4 Å². The van der Waals surface area contributed by atoms with Gasteiger partial charge in [0.15, 0.2) is 0 Å². The molecule has 1 saturated carbocycles. The average Bonchev–Trinajstić information content (AvgIpc) is 2.63. The summed E-state index contributed by atoms with van der Waals surface area (Å²) in [5.41, 5.74) is 7.12. The van der Waals surface area contributed by atoms with Crippen LogP contribution >= 0.6 is 0 Å². The van der Waals surface area contributed by atoms with E-state index in [-0.39, 0.29) is 12.1 Å². The lowest BCUT2D eigenvalue weighted by molar-refractivity contribution is 0.00402. The second kappa shape index (κ2) is 4.77. The van der Waals surface area contributed by atoms with Crippen LogP contribution in [0.4, 0.5) is 0 Å². The maximum atomic E-state index is 6.00. The summed E-state index contributed by atoms with van der Waals surface area (Å²) in [6, 6.07) is 0.218. The number of hydrogen-bond donors (Lipinski definition) is 1. The van der Waals surface area contributed by atoms with Crippen molar-refractivity contribution in [3.63, 3.8) is 0 Å². The molecule has 1 aliphatic rings. The van der Waals surface area contributed by atoms with Crippen molar-refractivity contribution in [1.29, 1.82) is 0 Å². The van der Waals surface area contributed by atoms with Crippen LogP contribution in [0.1, 0.15) is 31.2 Å². The first-order chi connectivity index (χ1) is 7.25. The zero-order valence-corrected chi connectivity index (χ0v) is 9.22. The second-order valence-electron chi connectivity index (χ2n) is 4.32. The predicted molar refractivity (Wildman–Crippen MR) is 58.2 cm³/mol. The Kier molecular flexibility index (Phi) is 3.38. The van der Waals surface area contributed by atoms with Gasteiger partial charge in [0.1, 0.15) is 0 Å². The summed E-state index contributed by atoms with van der Waals surface area (Å²) in [6.45, 7) is 0.631. The number of aromatic nitrogens is 2. The number of rotatable bonds is 3. The molecule has 4 nitrogen and oxygen atoms in total. The molecule has 0 bridgehead atoms. The zero-order valence-electron chi connectivity index (χ0n) is 9.22. The minimum Gasteiger partial charge on any atom is -0.372 e. The highest BCUT2D eigenvalue weighted by Gasteiger charge is 2.22. The van der Waals surface area contributed by atoms with Crippen molar-refractivity contribution < 1.29 is 4.74 Å². The molecule has 0 saturated heterocycles. The lowest BCUT2D eigenvalue weighted by atomic mass is 9.93. The molecule has 2 unspecified atom stereocenters. The molecule has 1 aromatic heterocycles. The fraction of sp³-hybridized carbons (Fsp3) is 0.727. The van der Waals surface area contributed by atoms with Gasteiger partial charge in [-0.05, 0) is 12.8 Å². The molecule has 1 heterocycles. The maximum Gasteiger partial charge on any atom is 0.0752 e. The molecule has 1 aromatic rings. The van der Waals surface area contributed by atoms with Crippen LogP contribution in [0, 0.1) is 0 Å². The smallest absolute Gasteiger partial charge is 0.0752 e. The summed E-state index contributed by atoms with van der Waals surface area (Å²) >= 11 is 0. The summed E-state index contributed by atoms with van der Waals surface area (Å²) < 4.78 is 7.61. The number of ether oxygens (including phenoxy) is 1. The Hall–Kier alpha value is -0.870. The third-order valence-electron chi connectivity index (χ3n) is 2.98. The van der Waals surface area contributed by atoms with Gasteiger partial charge < -0.3 is 10.5 Å². The molecule has 84 valence electrons. The Balaban J connectivity index is 1.81. The average molecular weight is 209 g/mol. The van der Waals surface area contributed by atoms with Gasteiger partial charge in [-0.15, -0.1) is 0 Å². The lowest BCUT2D eigenvalue weighted by Crippen LogP contribution is -2.39. The topological polar surface area (TPSA) is 53.1 Å². The Bertz CT molecular complexity index is 311. The number of nitrogens with two attached hydrogens (primary N) is 1. The molecule has 0 aliphatic heterocycles. The Morgan fingerprint density at radius 3 is 3.00 bits per heavy atom.